The quantitative estimate of drug-likeness (QED) is 0.838. The summed E-state index contributed by atoms with van der Waals surface area (Å²) in [4.78, 5) is 26.3. The molecule has 0 unspecified atom stereocenters. The van der Waals surface area contributed by atoms with Crippen LogP contribution in [-0.4, -0.2) is 35.8 Å². The first-order valence-electron chi connectivity index (χ1n) is 9.08. The summed E-state index contributed by atoms with van der Waals surface area (Å²) in [6.45, 7) is 0.909. The second-order valence-corrected chi connectivity index (χ2v) is 6.71. The monoisotopic (exact) mass is 351 g/mol. The van der Waals surface area contributed by atoms with E-state index in [1.54, 1.807) is 0 Å². The summed E-state index contributed by atoms with van der Waals surface area (Å²) < 4.78 is 0. The van der Waals surface area contributed by atoms with Gasteiger partial charge in [-0.05, 0) is 30.5 Å². The van der Waals surface area contributed by atoms with Crippen LogP contribution in [0.2, 0.25) is 0 Å². The minimum atomic E-state index is -0.347. The molecule has 1 atom stereocenters. The molecule has 2 aromatic rings. The fourth-order valence-electron chi connectivity index (χ4n) is 3.54. The van der Waals surface area contributed by atoms with Crippen molar-refractivity contribution in [3.63, 3.8) is 0 Å². The largest absolute Gasteiger partial charge is 0.368 e. The molecule has 5 heteroatoms. The van der Waals surface area contributed by atoms with Gasteiger partial charge in [-0.25, -0.2) is 0 Å². The highest BCUT2D eigenvalue weighted by atomic mass is 16.2. The number of nitrogens with zero attached hydrogens (tertiary/aromatic N) is 1. The first kappa shape index (κ1) is 18.1. The third-order valence-corrected chi connectivity index (χ3v) is 4.86. The van der Waals surface area contributed by atoms with Gasteiger partial charge in [0.1, 0.15) is 0 Å². The lowest BCUT2D eigenvalue weighted by Gasteiger charge is -2.33. The lowest BCUT2D eigenvalue weighted by atomic mass is 9.98. The number of amides is 2. The van der Waals surface area contributed by atoms with E-state index in [2.05, 4.69) is 5.32 Å². The standard InChI is InChI=1S/C21H25N3O2/c22-21(26)18-13-7-8-14-24(18)15-19(25)23-20(16-9-3-1-4-10-16)17-11-5-2-6-12-17/h1-6,9-12,18,20H,7-8,13-15H2,(H2,22,26)(H,23,25)/t18-/m1/s1. The normalized spacial score (nSPS) is 17.8. The Labute approximate surface area is 154 Å². The molecule has 2 amide bonds. The van der Waals surface area contributed by atoms with Crippen LogP contribution in [0.5, 0.6) is 0 Å². The number of benzene rings is 2. The van der Waals surface area contributed by atoms with Crippen LogP contribution in [0.1, 0.15) is 36.4 Å². The molecule has 0 spiro atoms. The molecule has 3 N–H and O–H groups in total. The van der Waals surface area contributed by atoms with Gasteiger partial charge in [-0.1, -0.05) is 67.1 Å². The third kappa shape index (κ3) is 4.49. The predicted molar refractivity (Wildman–Crippen MR) is 101 cm³/mol. The number of likely N-dealkylation sites (tertiary alicyclic amines) is 1. The summed E-state index contributed by atoms with van der Waals surface area (Å²) in [5, 5.41) is 3.12. The average molecular weight is 351 g/mol. The molecule has 3 rings (SSSR count). The average Bonchev–Trinajstić information content (AvgIpc) is 2.68. The van der Waals surface area contributed by atoms with Crippen LogP contribution in [0.3, 0.4) is 0 Å². The maximum Gasteiger partial charge on any atom is 0.234 e. The highest BCUT2D eigenvalue weighted by Crippen LogP contribution is 2.22. The van der Waals surface area contributed by atoms with E-state index in [9.17, 15) is 9.59 Å². The van der Waals surface area contributed by atoms with Gasteiger partial charge in [0.2, 0.25) is 11.8 Å². The van der Waals surface area contributed by atoms with E-state index in [4.69, 9.17) is 5.73 Å². The molecule has 1 aliphatic heterocycles. The molecule has 0 radical (unpaired) electrons. The number of hydrogen-bond acceptors (Lipinski definition) is 3. The Balaban J connectivity index is 1.74. The van der Waals surface area contributed by atoms with Crippen LogP contribution in [-0.2, 0) is 9.59 Å². The Hall–Kier alpha value is -2.66. The Bertz CT molecular complexity index is 694. The van der Waals surface area contributed by atoms with E-state index in [-0.39, 0.29) is 30.4 Å². The molecule has 0 aromatic heterocycles. The van der Waals surface area contributed by atoms with E-state index in [0.717, 1.165) is 36.9 Å². The number of primary amides is 1. The summed E-state index contributed by atoms with van der Waals surface area (Å²) in [5.74, 6) is -0.448. The van der Waals surface area contributed by atoms with Gasteiger partial charge in [0, 0.05) is 0 Å². The van der Waals surface area contributed by atoms with Crippen molar-refractivity contribution in [2.45, 2.75) is 31.3 Å². The Kier molecular flexibility index (Phi) is 6.02. The highest BCUT2D eigenvalue weighted by Gasteiger charge is 2.29. The van der Waals surface area contributed by atoms with Gasteiger partial charge < -0.3 is 11.1 Å². The molecule has 0 bridgehead atoms. The highest BCUT2D eigenvalue weighted by molar-refractivity contribution is 5.83. The van der Waals surface area contributed by atoms with Crippen molar-refractivity contribution in [3.8, 4) is 0 Å². The van der Waals surface area contributed by atoms with Gasteiger partial charge in [-0.3, -0.25) is 14.5 Å². The summed E-state index contributed by atoms with van der Waals surface area (Å²) in [7, 11) is 0. The van der Waals surface area contributed by atoms with Crippen molar-refractivity contribution in [1.29, 1.82) is 0 Å². The van der Waals surface area contributed by atoms with Crippen LogP contribution < -0.4 is 11.1 Å². The summed E-state index contributed by atoms with van der Waals surface area (Å²) in [6.07, 6.45) is 2.68. The first-order valence-corrected chi connectivity index (χ1v) is 9.08. The van der Waals surface area contributed by atoms with Crippen LogP contribution >= 0.6 is 0 Å². The molecule has 5 nitrogen and oxygen atoms in total. The Morgan fingerprint density at radius 1 is 1.00 bits per heavy atom. The van der Waals surface area contributed by atoms with E-state index in [0.29, 0.717) is 0 Å². The van der Waals surface area contributed by atoms with Crippen LogP contribution in [0.25, 0.3) is 0 Å². The molecule has 1 fully saturated rings. The first-order chi connectivity index (χ1) is 12.6. The van der Waals surface area contributed by atoms with Gasteiger partial charge in [0.05, 0.1) is 18.6 Å². The predicted octanol–water partition coefficient (Wildman–Crippen LogP) is 2.23. The van der Waals surface area contributed by atoms with Gasteiger partial charge >= 0.3 is 0 Å². The molecule has 2 aromatic carbocycles. The lowest BCUT2D eigenvalue weighted by Crippen LogP contribution is -2.51. The summed E-state index contributed by atoms with van der Waals surface area (Å²) in [5.41, 5.74) is 7.55. The van der Waals surface area contributed by atoms with Gasteiger partial charge in [0.25, 0.3) is 0 Å². The van der Waals surface area contributed by atoms with Crippen molar-refractivity contribution < 1.29 is 9.59 Å². The molecular formula is C21H25N3O2. The van der Waals surface area contributed by atoms with Crippen molar-refractivity contribution in [2.24, 2.45) is 5.73 Å². The molecule has 1 heterocycles. The van der Waals surface area contributed by atoms with Crippen LogP contribution in [0, 0.1) is 0 Å². The molecule has 1 aliphatic rings. The molecule has 0 aliphatic carbocycles. The van der Waals surface area contributed by atoms with Crippen molar-refractivity contribution in [1.82, 2.24) is 10.2 Å². The zero-order valence-electron chi connectivity index (χ0n) is 14.8. The smallest absolute Gasteiger partial charge is 0.234 e. The van der Waals surface area contributed by atoms with Gasteiger partial charge in [-0.2, -0.15) is 0 Å². The zero-order chi connectivity index (χ0) is 18.4. The molecular weight excluding hydrogens is 326 g/mol. The topological polar surface area (TPSA) is 75.4 Å². The number of piperidine rings is 1. The zero-order valence-corrected chi connectivity index (χ0v) is 14.8. The Morgan fingerprint density at radius 2 is 1.58 bits per heavy atom. The van der Waals surface area contributed by atoms with E-state index < -0.39 is 0 Å². The number of carbonyl (C=O) groups is 2. The van der Waals surface area contributed by atoms with E-state index >= 15 is 0 Å². The molecule has 0 saturated carbocycles. The number of rotatable bonds is 6. The minimum Gasteiger partial charge on any atom is -0.368 e. The number of hydrogen-bond donors (Lipinski definition) is 2. The maximum atomic E-state index is 12.7. The van der Waals surface area contributed by atoms with E-state index in [1.807, 2.05) is 65.6 Å². The second kappa shape index (κ2) is 8.63. The van der Waals surface area contributed by atoms with Crippen molar-refractivity contribution >= 4 is 11.8 Å². The van der Waals surface area contributed by atoms with Gasteiger partial charge in [-0.15, -0.1) is 0 Å². The molecule has 26 heavy (non-hydrogen) atoms. The lowest BCUT2D eigenvalue weighted by molar-refractivity contribution is -0.128. The molecule has 1 saturated heterocycles. The van der Waals surface area contributed by atoms with Crippen molar-refractivity contribution in [3.05, 3.63) is 71.8 Å². The Morgan fingerprint density at radius 3 is 2.12 bits per heavy atom. The minimum absolute atomic E-state index is 0.101. The van der Waals surface area contributed by atoms with Gasteiger partial charge in [0.15, 0.2) is 0 Å². The number of nitrogens with one attached hydrogen (secondary N) is 1. The van der Waals surface area contributed by atoms with Crippen LogP contribution in [0.4, 0.5) is 0 Å². The van der Waals surface area contributed by atoms with Crippen molar-refractivity contribution in [2.75, 3.05) is 13.1 Å². The molecule has 136 valence electrons. The number of carbonyl (C=O) groups excluding carboxylic acids is 2. The fraction of sp³-hybridized carbons (Fsp3) is 0.333. The third-order valence-electron chi connectivity index (χ3n) is 4.86. The summed E-state index contributed by atoms with van der Waals surface area (Å²) >= 11 is 0. The maximum absolute atomic E-state index is 12.7. The number of nitrogens with two attached hydrogens (primary N) is 1. The van der Waals surface area contributed by atoms with E-state index in [1.165, 1.54) is 0 Å². The fourth-order valence-corrected chi connectivity index (χ4v) is 3.54. The summed E-state index contributed by atoms with van der Waals surface area (Å²) in [6, 6.07) is 19.2. The second-order valence-electron chi connectivity index (χ2n) is 6.71. The SMILES string of the molecule is NC(=O)[C@H]1CCCCN1CC(=O)NC(c1ccccc1)c1ccccc1. The van der Waals surface area contributed by atoms with Crippen LogP contribution in [0.15, 0.2) is 60.7 Å².